The van der Waals surface area contributed by atoms with Gasteiger partial charge in [-0.3, -0.25) is 4.21 Å². The van der Waals surface area contributed by atoms with Gasteiger partial charge in [0.05, 0.1) is 19.3 Å². The Kier molecular flexibility index (Phi) is 8.54. The quantitative estimate of drug-likeness (QED) is 0.379. The standard InChI is InChI=1S/C22H30N4O5S/c1-3-31-21(28)17-12-23-22(24-16-9-10-19(32(29)30)14(2)11-16)26-20(17)25-18(13-27)15-7-5-4-6-8-15/h9-12,15,18,27H,3-8,13H2,1-2H3,(H,29,30)(H2,23,24,25,26)/p-1/t18-/m1/s1. The van der Waals surface area contributed by atoms with Gasteiger partial charge in [0.2, 0.25) is 5.95 Å². The molecule has 3 N–H and O–H groups in total. The first-order valence-electron chi connectivity index (χ1n) is 10.8. The molecule has 2 atom stereocenters. The lowest BCUT2D eigenvalue weighted by Gasteiger charge is -2.30. The van der Waals surface area contributed by atoms with Gasteiger partial charge in [-0.2, -0.15) is 4.98 Å². The molecule has 10 heteroatoms. The predicted molar refractivity (Wildman–Crippen MR) is 121 cm³/mol. The molecule has 2 aromatic rings. The number of benzene rings is 1. The first-order valence-corrected chi connectivity index (χ1v) is 11.9. The molecule has 0 saturated heterocycles. The predicted octanol–water partition coefficient (Wildman–Crippen LogP) is 3.30. The van der Waals surface area contributed by atoms with Crippen LogP contribution in [0.1, 0.15) is 54.9 Å². The van der Waals surface area contributed by atoms with E-state index >= 15 is 0 Å². The molecule has 0 bridgehead atoms. The van der Waals surface area contributed by atoms with Gasteiger partial charge in [-0.05, 0) is 67.5 Å². The van der Waals surface area contributed by atoms with E-state index in [9.17, 15) is 18.7 Å². The molecule has 174 valence electrons. The second-order valence-electron chi connectivity index (χ2n) is 7.85. The van der Waals surface area contributed by atoms with Gasteiger partial charge in [0.25, 0.3) is 0 Å². The fraction of sp³-hybridized carbons (Fsp3) is 0.500. The molecule has 1 saturated carbocycles. The van der Waals surface area contributed by atoms with Crippen molar-refractivity contribution in [2.75, 3.05) is 23.8 Å². The van der Waals surface area contributed by atoms with Gasteiger partial charge >= 0.3 is 5.97 Å². The molecule has 1 fully saturated rings. The van der Waals surface area contributed by atoms with E-state index in [1.165, 1.54) is 18.7 Å². The normalized spacial score (nSPS) is 16.2. The number of anilines is 3. The zero-order chi connectivity index (χ0) is 23.1. The van der Waals surface area contributed by atoms with Crippen molar-refractivity contribution in [3.8, 4) is 0 Å². The molecule has 0 radical (unpaired) electrons. The summed E-state index contributed by atoms with van der Waals surface area (Å²) in [5.41, 5.74) is 1.39. The maximum absolute atomic E-state index is 12.4. The maximum atomic E-state index is 12.4. The average Bonchev–Trinajstić information content (AvgIpc) is 2.78. The van der Waals surface area contributed by atoms with Crippen LogP contribution in [0.4, 0.5) is 17.5 Å². The first kappa shape index (κ1) is 24.1. The monoisotopic (exact) mass is 461 g/mol. The van der Waals surface area contributed by atoms with Gasteiger partial charge in [0.15, 0.2) is 0 Å². The van der Waals surface area contributed by atoms with E-state index in [2.05, 4.69) is 20.6 Å². The van der Waals surface area contributed by atoms with Crippen molar-refractivity contribution in [3.05, 3.63) is 35.5 Å². The van der Waals surface area contributed by atoms with Crippen LogP contribution < -0.4 is 10.6 Å². The zero-order valence-corrected chi connectivity index (χ0v) is 19.1. The Hall–Kier alpha value is -2.56. The van der Waals surface area contributed by atoms with Gasteiger partial charge in [0.1, 0.15) is 11.4 Å². The van der Waals surface area contributed by atoms with Crippen LogP contribution in [-0.4, -0.2) is 49.1 Å². The second kappa shape index (κ2) is 11.3. The van der Waals surface area contributed by atoms with E-state index in [1.54, 1.807) is 26.0 Å². The molecule has 1 unspecified atom stereocenters. The third-order valence-electron chi connectivity index (χ3n) is 5.63. The lowest BCUT2D eigenvalue weighted by atomic mass is 9.84. The first-order chi connectivity index (χ1) is 15.4. The van der Waals surface area contributed by atoms with Crippen molar-refractivity contribution in [2.24, 2.45) is 5.92 Å². The van der Waals surface area contributed by atoms with Crippen molar-refractivity contribution < 1.29 is 23.4 Å². The van der Waals surface area contributed by atoms with Crippen LogP contribution in [0.15, 0.2) is 29.3 Å². The van der Waals surface area contributed by atoms with E-state index in [0.717, 1.165) is 25.7 Å². The van der Waals surface area contributed by atoms with Gasteiger partial charge < -0.3 is 25.0 Å². The van der Waals surface area contributed by atoms with Gasteiger partial charge in [-0.1, -0.05) is 19.3 Å². The number of hydrogen-bond donors (Lipinski definition) is 3. The summed E-state index contributed by atoms with van der Waals surface area (Å²) in [6, 6.07) is 4.56. The second-order valence-corrected chi connectivity index (χ2v) is 8.76. The van der Waals surface area contributed by atoms with Crippen LogP contribution >= 0.6 is 0 Å². The number of nitrogens with one attached hydrogen (secondary N) is 2. The summed E-state index contributed by atoms with van der Waals surface area (Å²) in [6.45, 7) is 3.56. The number of ether oxygens (including phenoxy) is 1. The fourth-order valence-corrected chi connectivity index (χ4v) is 4.48. The molecule has 32 heavy (non-hydrogen) atoms. The third kappa shape index (κ3) is 6.02. The van der Waals surface area contributed by atoms with E-state index in [0.29, 0.717) is 23.0 Å². The number of carbonyl (C=O) groups is 1. The summed E-state index contributed by atoms with van der Waals surface area (Å²) in [5, 5.41) is 16.3. The summed E-state index contributed by atoms with van der Waals surface area (Å²) < 4.78 is 27.6. The van der Waals surface area contributed by atoms with Crippen molar-refractivity contribution >= 4 is 34.5 Å². The Morgan fingerprint density at radius 1 is 1.34 bits per heavy atom. The van der Waals surface area contributed by atoms with Crippen molar-refractivity contribution in [1.29, 1.82) is 0 Å². The Morgan fingerprint density at radius 2 is 2.09 bits per heavy atom. The van der Waals surface area contributed by atoms with Crippen molar-refractivity contribution in [2.45, 2.75) is 56.9 Å². The zero-order valence-electron chi connectivity index (χ0n) is 18.3. The number of hydrogen-bond acceptors (Lipinski definition) is 9. The van der Waals surface area contributed by atoms with Crippen LogP contribution in [-0.2, 0) is 15.8 Å². The lowest BCUT2D eigenvalue weighted by molar-refractivity contribution is 0.0526. The van der Waals surface area contributed by atoms with E-state index in [4.69, 9.17) is 4.74 Å². The lowest BCUT2D eigenvalue weighted by Crippen LogP contribution is -2.35. The van der Waals surface area contributed by atoms with Crippen molar-refractivity contribution in [1.82, 2.24) is 9.97 Å². The van der Waals surface area contributed by atoms with Crippen LogP contribution in [0.5, 0.6) is 0 Å². The number of rotatable bonds is 9. The number of carbonyl (C=O) groups excluding carboxylic acids is 1. The Morgan fingerprint density at radius 3 is 2.72 bits per heavy atom. The fourth-order valence-electron chi connectivity index (χ4n) is 3.98. The van der Waals surface area contributed by atoms with Crippen LogP contribution in [0.3, 0.4) is 0 Å². The maximum Gasteiger partial charge on any atom is 0.343 e. The highest BCUT2D eigenvalue weighted by atomic mass is 32.2. The van der Waals surface area contributed by atoms with Crippen LogP contribution in [0, 0.1) is 12.8 Å². The number of aryl methyl sites for hydroxylation is 1. The topological polar surface area (TPSA) is 136 Å². The third-order valence-corrected chi connectivity index (χ3v) is 6.45. The van der Waals surface area contributed by atoms with Crippen LogP contribution in [0.2, 0.25) is 0 Å². The number of esters is 1. The van der Waals surface area contributed by atoms with Crippen molar-refractivity contribution in [3.63, 3.8) is 0 Å². The van der Waals surface area contributed by atoms with Gasteiger partial charge in [0, 0.05) is 16.8 Å². The summed E-state index contributed by atoms with van der Waals surface area (Å²) in [7, 11) is 0. The smallest absolute Gasteiger partial charge is 0.343 e. The Bertz CT molecular complexity index is 965. The Balaban J connectivity index is 1.87. The van der Waals surface area contributed by atoms with Gasteiger partial charge in [-0.15, -0.1) is 0 Å². The molecule has 0 aliphatic heterocycles. The molecular weight excluding hydrogens is 432 g/mol. The molecule has 0 spiro atoms. The number of aliphatic hydroxyl groups excluding tert-OH is 1. The number of aliphatic hydroxyl groups is 1. The molecular formula is C22H29N4O5S-. The SMILES string of the molecule is CCOC(=O)c1cnc(Nc2ccc(S(=O)[O-])c(C)c2)nc1N[C@H](CO)C1CCCCC1. The summed E-state index contributed by atoms with van der Waals surface area (Å²) >= 11 is -2.31. The summed E-state index contributed by atoms with van der Waals surface area (Å²) in [4.78, 5) is 21.4. The molecule has 1 aromatic heterocycles. The molecule has 1 aromatic carbocycles. The van der Waals surface area contributed by atoms with E-state index in [1.807, 2.05) is 0 Å². The highest BCUT2D eigenvalue weighted by Gasteiger charge is 2.26. The number of aromatic nitrogens is 2. The molecule has 9 nitrogen and oxygen atoms in total. The molecule has 0 amide bonds. The summed E-state index contributed by atoms with van der Waals surface area (Å²) in [5.74, 6) is 0.272. The van der Waals surface area contributed by atoms with E-state index < -0.39 is 17.0 Å². The molecule has 3 rings (SSSR count). The van der Waals surface area contributed by atoms with Crippen LogP contribution in [0.25, 0.3) is 0 Å². The highest BCUT2D eigenvalue weighted by Crippen LogP contribution is 2.29. The highest BCUT2D eigenvalue weighted by molar-refractivity contribution is 7.79. The average molecular weight is 462 g/mol. The molecule has 1 aliphatic rings. The number of nitrogens with zero attached hydrogens (tertiary/aromatic N) is 2. The minimum atomic E-state index is -2.31. The molecule has 1 aliphatic carbocycles. The Labute approximate surface area is 190 Å². The van der Waals surface area contributed by atoms with Gasteiger partial charge in [-0.25, -0.2) is 9.78 Å². The largest absolute Gasteiger partial charge is 0.768 e. The summed E-state index contributed by atoms with van der Waals surface area (Å²) in [6.07, 6.45) is 6.84. The minimum Gasteiger partial charge on any atom is -0.768 e. The minimum absolute atomic E-state index is 0.0767. The molecule has 1 heterocycles. The van der Waals surface area contributed by atoms with E-state index in [-0.39, 0.29) is 35.7 Å².